The van der Waals surface area contributed by atoms with Crippen LogP contribution in [0.5, 0.6) is 0 Å². The zero-order chi connectivity index (χ0) is 38.5. The van der Waals surface area contributed by atoms with Gasteiger partial charge in [0.05, 0.1) is 11.1 Å². The van der Waals surface area contributed by atoms with Crippen molar-refractivity contribution in [2.24, 2.45) is 0 Å². The van der Waals surface area contributed by atoms with E-state index in [9.17, 15) is 0 Å². The molecule has 11 rings (SSSR count). The molecule has 0 aliphatic heterocycles. The molecule has 0 atom stereocenters. The van der Waals surface area contributed by atoms with Gasteiger partial charge in [-0.3, -0.25) is 0 Å². The summed E-state index contributed by atoms with van der Waals surface area (Å²) in [7, 11) is 0. The van der Waals surface area contributed by atoms with Crippen molar-refractivity contribution in [3.63, 3.8) is 0 Å². The molecule has 1 nitrogen and oxygen atoms in total. The Hall–Kier alpha value is -7.48. The third kappa shape index (κ3) is 5.39. The largest absolute Gasteiger partial charge is 0.310 e. The lowest BCUT2D eigenvalue weighted by Gasteiger charge is -2.35. The van der Waals surface area contributed by atoms with Crippen LogP contribution in [0.3, 0.4) is 0 Å². The van der Waals surface area contributed by atoms with Crippen molar-refractivity contribution in [3.8, 4) is 33.4 Å². The van der Waals surface area contributed by atoms with E-state index in [4.69, 9.17) is 0 Å². The molecule has 0 saturated carbocycles. The maximum atomic E-state index is 2.47. The molecule has 0 amide bonds. The van der Waals surface area contributed by atoms with Crippen LogP contribution in [-0.4, -0.2) is 0 Å². The Bertz CT molecular complexity index is 3040. The van der Waals surface area contributed by atoms with E-state index >= 15 is 0 Å². The summed E-state index contributed by atoms with van der Waals surface area (Å²) >= 11 is 0. The summed E-state index contributed by atoms with van der Waals surface area (Å²) in [5.74, 6) is 0. The minimum atomic E-state index is -0.503. The molecule has 10 aromatic rings. The molecular formula is C57H39N. The minimum absolute atomic E-state index is 0.503. The van der Waals surface area contributed by atoms with Gasteiger partial charge in [-0.1, -0.05) is 206 Å². The summed E-state index contributed by atoms with van der Waals surface area (Å²) in [6.07, 6.45) is 0. The highest BCUT2D eigenvalue weighted by Gasteiger charge is 2.46. The molecule has 1 aliphatic rings. The predicted molar refractivity (Wildman–Crippen MR) is 244 cm³/mol. The van der Waals surface area contributed by atoms with Crippen LogP contribution < -0.4 is 4.90 Å². The van der Waals surface area contributed by atoms with Crippen LogP contribution >= 0.6 is 0 Å². The molecular weight excluding hydrogens is 699 g/mol. The Morgan fingerprint density at radius 2 is 0.810 bits per heavy atom. The van der Waals surface area contributed by atoms with E-state index in [1.54, 1.807) is 0 Å². The van der Waals surface area contributed by atoms with Gasteiger partial charge in [-0.2, -0.15) is 0 Å². The molecule has 0 heterocycles. The molecule has 0 unspecified atom stereocenters. The fraction of sp³-hybridized carbons (Fsp3) is 0.0175. The molecule has 272 valence electrons. The first-order valence-electron chi connectivity index (χ1n) is 20.1. The first-order valence-corrected chi connectivity index (χ1v) is 20.1. The number of nitrogens with zero attached hydrogens (tertiary/aromatic N) is 1. The highest BCUT2D eigenvalue weighted by atomic mass is 15.1. The number of rotatable bonds is 7. The minimum Gasteiger partial charge on any atom is -0.310 e. The van der Waals surface area contributed by atoms with E-state index in [0.717, 1.165) is 17.1 Å². The number of benzene rings is 10. The monoisotopic (exact) mass is 737 g/mol. The number of fused-ring (bicyclic) bond motifs is 6. The Morgan fingerprint density at radius 1 is 0.310 bits per heavy atom. The van der Waals surface area contributed by atoms with Gasteiger partial charge in [-0.05, 0) is 102 Å². The third-order valence-corrected chi connectivity index (χ3v) is 12.1. The molecule has 0 radical (unpaired) electrons. The molecule has 0 saturated heterocycles. The summed E-state index contributed by atoms with van der Waals surface area (Å²) in [4.78, 5) is 2.47. The number of hydrogen-bond donors (Lipinski definition) is 0. The van der Waals surface area contributed by atoms with Crippen molar-refractivity contribution in [2.75, 3.05) is 4.90 Å². The van der Waals surface area contributed by atoms with E-state index in [-0.39, 0.29) is 0 Å². The first-order chi connectivity index (χ1) is 28.8. The Balaban J connectivity index is 1.13. The van der Waals surface area contributed by atoms with Gasteiger partial charge in [0.15, 0.2) is 0 Å². The van der Waals surface area contributed by atoms with Crippen molar-refractivity contribution in [1.82, 2.24) is 0 Å². The molecule has 1 heteroatoms. The van der Waals surface area contributed by atoms with E-state index < -0.39 is 5.41 Å². The fourth-order valence-corrected chi connectivity index (χ4v) is 9.51. The van der Waals surface area contributed by atoms with Gasteiger partial charge in [0.2, 0.25) is 0 Å². The van der Waals surface area contributed by atoms with Crippen LogP contribution in [0.1, 0.15) is 22.3 Å². The molecule has 58 heavy (non-hydrogen) atoms. The molecule has 0 fully saturated rings. The van der Waals surface area contributed by atoms with Crippen molar-refractivity contribution < 1.29 is 0 Å². The topological polar surface area (TPSA) is 3.24 Å². The van der Waals surface area contributed by atoms with Gasteiger partial charge < -0.3 is 4.90 Å². The van der Waals surface area contributed by atoms with E-state index in [0.29, 0.717) is 0 Å². The summed E-state index contributed by atoms with van der Waals surface area (Å²) in [5.41, 5.74) is 15.3. The number of hydrogen-bond acceptors (Lipinski definition) is 1. The second-order valence-electron chi connectivity index (χ2n) is 15.2. The Kier molecular flexibility index (Phi) is 8.12. The van der Waals surface area contributed by atoms with Gasteiger partial charge >= 0.3 is 0 Å². The normalized spacial score (nSPS) is 12.6. The molecule has 0 spiro atoms. The van der Waals surface area contributed by atoms with Crippen LogP contribution in [0, 0.1) is 0 Å². The lowest BCUT2D eigenvalue weighted by atomic mass is 9.67. The number of anilines is 3. The van der Waals surface area contributed by atoms with Crippen molar-refractivity contribution in [2.45, 2.75) is 5.41 Å². The highest BCUT2D eigenvalue weighted by molar-refractivity contribution is 6.15. The second kappa shape index (κ2) is 13.9. The lowest BCUT2D eigenvalue weighted by molar-refractivity contribution is 0.768. The highest BCUT2D eigenvalue weighted by Crippen LogP contribution is 2.57. The lowest BCUT2D eigenvalue weighted by Crippen LogP contribution is -2.28. The SMILES string of the molecule is c1ccc(-c2ccc(-c3ccc(N(c4ccc5c(c4)C(c4ccccc4)(c4ccccc4)c4ccccc4-5)c4cccc5ccc6ccccc6c45)cc3)cc2)cc1. The molecule has 0 aromatic heterocycles. The standard InChI is InChI=1S/C57H39N/c1-4-15-40(16-5-1)41-27-29-42(30-28-41)43-33-35-48(36-34-43)58(55-26-14-18-45-32-31-44-17-10-11-23-50(44)56(45)55)49-37-38-52-51-24-12-13-25-53(51)57(54(52)39-49,46-19-6-2-7-20-46)47-21-8-3-9-22-47/h1-39H. The zero-order valence-electron chi connectivity index (χ0n) is 32.0. The van der Waals surface area contributed by atoms with Crippen molar-refractivity contribution in [3.05, 3.63) is 259 Å². The summed E-state index contributed by atoms with van der Waals surface area (Å²) in [5, 5.41) is 4.93. The molecule has 0 bridgehead atoms. The van der Waals surface area contributed by atoms with Crippen molar-refractivity contribution >= 4 is 38.6 Å². The maximum Gasteiger partial charge on any atom is 0.0714 e. The van der Waals surface area contributed by atoms with E-state index in [2.05, 4.69) is 241 Å². The Morgan fingerprint density at radius 3 is 1.50 bits per heavy atom. The van der Waals surface area contributed by atoms with Gasteiger partial charge in [-0.25, -0.2) is 0 Å². The Labute approximate surface area is 339 Å². The van der Waals surface area contributed by atoms with Crippen LogP contribution in [0.25, 0.3) is 54.9 Å². The molecule has 0 N–H and O–H groups in total. The fourth-order valence-electron chi connectivity index (χ4n) is 9.51. The maximum absolute atomic E-state index is 2.47. The van der Waals surface area contributed by atoms with Crippen LogP contribution in [0.4, 0.5) is 17.1 Å². The third-order valence-electron chi connectivity index (χ3n) is 12.1. The molecule has 1 aliphatic carbocycles. The average molecular weight is 738 g/mol. The van der Waals surface area contributed by atoms with Gasteiger partial charge in [0.25, 0.3) is 0 Å². The van der Waals surface area contributed by atoms with Crippen LogP contribution in [0.2, 0.25) is 0 Å². The van der Waals surface area contributed by atoms with Gasteiger partial charge in [0, 0.05) is 16.8 Å². The molecule has 10 aromatic carbocycles. The quantitative estimate of drug-likeness (QED) is 0.147. The smallest absolute Gasteiger partial charge is 0.0714 e. The predicted octanol–water partition coefficient (Wildman–Crippen LogP) is 15.2. The summed E-state index contributed by atoms with van der Waals surface area (Å²) in [6.45, 7) is 0. The zero-order valence-corrected chi connectivity index (χ0v) is 32.0. The second-order valence-corrected chi connectivity index (χ2v) is 15.2. The van der Waals surface area contributed by atoms with Gasteiger partial charge in [0.1, 0.15) is 0 Å². The summed E-state index contributed by atoms with van der Waals surface area (Å²) < 4.78 is 0. The summed E-state index contributed by atoms with van der Waals surface area (Å²) in [6, 6.07) is 86.8. The van der Waals surface area contributed by atoms with E-state index in [1.165, 1.54) is 77.2 Å². The van der Waals surface area contributed by atoms with E-state index in [1.807, 2.05) is 0 Å². The average Bonchev–Trinajstić information content (AvgIpc) is 3.60. The first kappa shape index (κ1) is 33.8. The van der Waals surface area contributed by atoms with Crippen LogP contribution in [0.15, 0.2) is 237 Å². The van der Waals surface area contributed by atoms with Crippen LogP contribution in [-0.2, 0) is 5.41 Å². The van der Waals surface area contributed by atoms with Crippen molar-refractivity contribution in [1.29, 1.82) is 0 Å². The van der Waals surface area contributed by atoms with Gasteiger partial charge in [-0.15, -0.1) is 0 Å².